The van der Waals surface area contributed by atoms with Gasteiger partial charge in [-0.25, -0.2) is 4.39 Å². The molecular formula is C24H33ClFN3O. The number of benzene rings is 1. The van der Waals surface area contributed by atoms with Crippen molar-refractivity contribution in [2.24, 2.45) is 5.92 Å². The molecule has 30 heavy (non-hydrogen) atoms. The van der Waals surface area contributed by atoms with Crippen molar-refractivity contribution in [2.75, 3.05) is 37.6 Å². The largest absolute Gasteiger partial charge is 0.367 e. The summed E-state index contributed by atoms with van der Waals surface area (Å²) < 4.78 is 14.1. The highest BCUT2D eigenvalue weighted by molar-refractivity contribution is 6.30. The summed E-state index contributed by atoms with van der Waals surface area (Å²) in [4.78, 5) is 16.9. The second-order valence-corrected chi connectivity index (χ2v) is 9.46. The number of carbonyl (C=O) groups excluding carboxylic acids is 1. The number of carbonyl (C=O) groups is 1. The Morgan fingerprint density at radius 3 is 2.60 bits per heavy atom. The highest BCUT2D eigenvalue weighted by Crippen LogP contribution is 2.29. The van der Waals surface area contributed by atoms with Crippen molar-refractivity contribution in [1.29, 1.82) is 0 Å². The Morgan fingerprint density at radius 2 is 1.90 bits per heavy atom. The van der Waals surface area contributed by atoms with E-state index in [0.29, 0.717) is 16.8 Å². The molecule has 4 rings (SSSR count). The fraction of sp³-hybridized carbons (Fsp3) is 0.625. The van der Waals surface area contributed by atoms with E-state index in [1.807, 2.05) is 0 Å². The minimum Gasteiger partial charge on any atom is -0.367 e. The molecule has 6 heteroatoms. The summed E-state index contributed by atoms with van der Waals surface area (Å²) in [5.74, 6) is 0.734. The van der Waals surface area contributed by atoms with Gasteiger partial charge in [0.1, 0.15) is 5.82 Å². The third-order valence-electron chi connectivity index (χ3n) is 6.99. The van der Waals surface area contributed by atoms with Crippen LogP contribution in [0.5, 0.6) is 0 Å². The maximum Gasteiger partial charge on any atom is 0.247 e. The molecule has 1 aliphatic heterocycles. The maximum atomic E-state index is 14.1. The van der Waals surface area contributed by atoms with Crippen molar-refractivity contribution in [2.45, 2.75) is 57.4 Å². The molecule has 0 bridgehead atoms. The van der Waals surface area contributed by atoms with Gasteiger partial charge in [0.15, 0.2) is 0 Å². The van der Waals surface area contributed by atoms with Crippen LogP contribution in [0.25, 0.3) is 0 Å². The molecule has 1 heterocycles. The van der Waals surface area contributed by atoms with Gasteiger partial charge in [0.05, 0.1) is 5.69 Å². The predicted octanol–water partition coefficient (Wildman–Crippen LogP) is 4.78. The van der Waals surface area contributed by atoms with Crippen LogP contribution >= 0.6 is 11.6 Å². The van der Waals surface area contributed by atoms with Gasteiger partial charge in [-0.05, 0) is 82.0 Å². The lowest BCUT2D eigenvalue weighted by atomic mass is 9.84. The van der Waals surface area contributed by atoms with Crippen molar-refractivity contribution >= 4 is 23.2 Å². The first-order chi connectivity index (χ1) is 14.6. The summed E-state index contributed by atoms with van der Waals surface area (Å²) in [5, 5.41) is 3.84. The van der Waals surface area contributed by atoms with E-state index in [4.69, 9.17) is 11.6 Å². The Hall–Kier alpha value is -1.59. The Balaban J connectivity index is 1.14. The van der Waals surface area contributed by atoms with Gasteiger partial charge in [-0.15, -0.1) is 0 Å². The molecular weight excluding hydrogens is 401 g/mol. The summed E-state index contributed by atoms with van der Waals surface area (Å²) in [6.45, 7) is 4.72. The van der Waals surface area contributed by atoms with E-state index >= 15 is 0 Å². The summed E-state index contributed by atoms with van der Waals surface area (Å²) in [6, 6.07) is 5.13. The van der Waals surface area contributed by atoms with Crippen molar-refractivity contribution in [3.63, 3.8) is 0 Å². The number of nitrogens with one attached hydrogen (secondary N) is 1. The topological polar surface area (TPSA) is 35.6 Å². The van der Waals surface area contributed by atoms with Crippen LogP contribution in [0.15, 0.2) is 29.8 Å². The third-order valence-corrected chi connectivity index (χ3v) is 7.22. The zero-order chi connectivity index (χ0) is 20.9. The second-order valence-electron chi connectivity index (χ2n) is 9.03. The molecule has 0 spiro atoms. The standard InChI is InChI=1S/C24H33ClFN3O/c25-20-7-10-22(26)23(17-20)29-15-13-28(14-16-29)12-11-18-5-8-21(9-6-18)27-24(30)19-3-1-2-4-19/h3,7,10,17-18,21H,1-2,4-6,8-9,11-16H2,(H,27,30)/t18-,21-. The molecule has 1 aromatic rings. The molecule has 0 unspecified atom stereocenters. The summed E-state index contributed by atoms with van der Waals surface area (Å²) in [7, 11) is 0. The molecule has 4 nitrogen and oxygen atoms in total. The number of allylic oxidation sites excluding steroid dienone is 1. The van der Waals surface area contributed by atoms with Gasteiger partial charge in [-0.2, -0.15) is 0 Å². The number of nitrogens with zero attached hydrogens (tertiary/aromatic N) is 2. The fourth-order valence-corrected chi connectivity index (χ4v) is 5.22. The van der Waals surface area contributed by atoms with E-state index in [2.05, 4.69) is 21.2 Å². The van der Waals surface area contributed by atoms with Crippen molar-refractivity contribution in [3.05, 3.63) is 40.7 Å². The average Bonchev–Trinajstić information content (AvgIpc) is 3.31. The van der Waals surface area contributed by atoms with Gasteiger partial charge in [0.2, 0.25) is 5.91 Å². The molecule has 1 saturated carbocycles. The number of halogens is 2. The van der Waals surface area contributed by atoms with E-state index in [9.17, 15) is 9.18 Å². The van der Waals surface area contributed by atoms with Crippen LogP contribution < -0.4 is 10.2 Å². The summed E-state index contributed by atoms with van der Waals surface area (Å²) >= 11 is 6.04. The zero-order valence-electron chi connectivity index (χ0n) is 17.7. The second kappa shape index (κ2) is 10.1. The van der Waals surface area contributed by atoms with Crippen LogP contribution in [-0.4, -0.2) is 49.6 Å². The van der Waals surface area contributed by atoms with E-state index < -0.39 is 0 Å². The van der Waals surface area contributed by atoms with Crippen molar-refractivity contribution in [3.8, 4) is 0 Å². The van der Waals surface area contributed by atoms with Gasteiger partial charge in [0.25, 0.3) is 0 Å². The monoisotopic (exact) mass is 433 g/mol. The van der Waals surface area contributed by atoms with Crippen LogP contribution in [-0.2, 0) is 4.79 Å². The molecule has 1 amide bonds. The van der Waals surface area contributed by atoms with Gasteiger partial charge in [0, 0.05) is 42.8 Å². The zero-order valence-corrected chi connectivity index (χ0v) is 18.5. The highest BCUT2D eigenvalue weighted by atomic mass is 35.5. The number of hydrogen-bond donors (Lipinski definition) is 1. The maximum absolute atomic E-state index is 14.1. The van der Waals surface area contributed by atoms with Crippen LogP contribution in [0, 0.1) is 11.7 Å². The van der Waals surface area contributed by atoms with Crippen LogP contribution in [0.4, 0.5) is 10.1 Å². The molecule has 1 N–H and O–H groups in total. The molecule has 2 fully saturated rings. The van der Waals surface area contributed by atoms with Crippen LogP contribution in [0.2, 0.25) is 5.02 Å². The Morgan fingerprint density at radius 1 is 1.13 bits per heavy atom. The van der Waals surface area contributed by atoms with E-state index in [1.54, 1.807) is 12.1 Å². The Labute approximate surface area is 184 Å². The van der Waals surface area contributed by atoms with Gasteiger partial charge >= 0.3 is 0 Å². The SMILES string of the molecule is O=C(N[C@H]1CC[C@H](CCN2CCN(c3cc(Cl)ccc3F)CC2)CC1)C1=CCCC1. The summed E-state index contributed by atoms with van der Waals surface area (Å²) in [6.07, 6.45) is 11.1. The highest BCUT2D eigenvalue weighted by Gasteiger charge is 2.25. The van der Waals surface area contributed by atoms with Crippen molar-refractivity contribution in [1.82, 2.24) is 10.2 Å². The molecule has 1 saturated heterocycles. The van der Waals surface area contributed by atoms with Crippen LogP contribution in [0.1, 0.15) is 51.4 Å². The molecule has 0 aromatic heterocycles. The molecule has 0 radical (unpaired) electrons. The van der Waals surface area contributed by atoms with Gasteiger partial charge in [-0.1, -0.05) is 17.7 Å². The number of anilines is 1. The van der Waals surface area contributed by atoms with Crippen molar-refractivity contribution < 1.29 is 9.18 Å². The molecule has 3 aliphatic rings. The smallest absolute Gasteiger partial charge is 0.247 e. The predicted molar refractivity (Wildman–Crippen MR) is 121 cm³/mol. The van der Waals surface area contributed by atoms with Gasteiger partial charge in [-0.3, -0.25) is 9.69 Å². The molecule has 1 aromatic carbocycles. The number of amides is 1. The average molecular weight is 434 g/mol. The minimum atomic E-state index is -0.194. The third kappa shape index (κ3) is 5.55. The lowest BCUT2D eigenvalue weighted by molar-refractivity contribution is -0.118. The van der Waals surface area contributed by atoms with Crippen LogP contribution in [0.3, 0.4) is 0 Å². The molecule has 164 valence electrons. The first-order valence-corrected chi connectivity index (χ1v) is 11.9. The quantitative estimate of drug-likeness (QED) is 0.701. The fourth-order valence-electron chi connectivity index (χ4n) is 5.06. The van der Waals surface area contributed by atoms with E-state index in [1.165, 1.54) is 25.3 Å². The number of piperazine rings is 1. The molecule has 0 atom stereocenters. The minimum absolute atomic E-state index is 0.171. The number of rotatable bonds is 6. The van der Waals surface area contributed by atoms with Gasteiger partial charge < -0.3 is 10.2 Å². The first kappa shape index (κ1) is 21.6. The lowest BCUT2D eigenvalue weighted by Crippen LogP contribution is -2.47. The van der Waals surface area contributed by atoms with E-state index in [-0.39, 0.29) is 11.7 Å². The summed E-state index contributed by atoms with van der Waals surface area (Å²) in [5.41, 5.74) is 1.62. The Kier molecular flexibility index (Phi) is 7.32. The van der Waals surface area contributed by atoms with E-state index in [0.717, 1.165) is 76.3 Å². The molecule has 2 aliphatic carbocycles. The lowest BCUT2D eigenvalue weighted by Gasteiger charge is -2.37. The first-order valence-electron chi connectivity index (χ1n) is 11.5. The Bertz CT molecular complexity index is 768. The number of hydrogen-bond acceptors (Lipinski definition) is 3. The normalized spacial score (nSPS) is 25.3.